The number of hydrogen-bond donors (Lipinski definition) is 1. The van der Waals surface area contributed by atoms with E-state index in [2.05, 4.69) is 5.32 Å². The fourth-order valence-corrected chi connectivity index (χ4v) is 2.08. The van der Waals surface area contributed by atoms with Gasteiger partial charge in [0.15, 0.2) is 0 Å². The average molecular weight is 214 g/mol. The molecule has 86 valence electrons. The first-order valence-electron chi connectivity index (χ1n) is 5.44. The van der Waals surface area contributed by atoms with Gasteiger partial charge in [0, 0.05) is 26.7 Å². The minimum atomic E-state index is -0.0620. The van der Waals surface area contributed by atoms with Crippen LogP contribution < -0.4 is 5.32 Å². The fourth-order valence-electron chi connectivity index (χ4n) is 2.08. The molecule has 2 atom stereocenters. The highest BCUT2D eigenvalue weighted by Gasteiger charge is 2.32. The highest BCUT2D eigenvalue weighted by Crippen LogP contribution is 2.12. The van der Waals surface area contributed by atoms with E-state index in [0.29, 0.717) is 26.3 Å². The second kappa shape index (κ2) is 4.92. The third-order valence-corrected chi connectivity index (χ3v) is 3.04. The van der Waals surface area contributed by atoms with E-state index in [4.69, 9.17) is 9.47 Å². The van der Waals surface area contributed by atoms with Gasteiger partial charge in [0.05, 0.1) is 25.4 Å². The van der Waals surface area contributed by atoms with Crippen LogP contribution in [0, 0.1) is 0 Å². The van der Waals surface area contributed by atoms with Crippen LogP contribution in [0.2, 0.25) is 0 Å². The van der Waals surface area contributed by atoms with Crippen LogP contribution >= 0.6 is 0 Å². The number of morpholine rings is 1. The summed E-state index contributed by atoms with van der Waals surface area (Å²) >= 11 is 0. The van der Waals surface area contributed by atoms with Gasteiger partial charge in [-0.15, -0.1) is 0 Å². The maximum absolute atomic E-state index is 12.0. The van der Waals surface area contributed by atoms with E-state index in [1.165, 1.54) is 0 Å². The molecule has 1 amide bonds. The third kappa shape index (κ3) is 2.48. The lowest BCUT2D eigenvalue weighted by Crippen LogP contribution is -2.48. The number of carbonyl (C=O) groups is 1. The van der Waals surface area contributed by atoms with Crippen LogP contribution in [0.3, 0.4) is 0 Å². The van der Waals surface area contributed by atoms with Crippen LogP contribution in [-0.4, -0.2) is 62.9 Å². The molecule has 0 unspecified atom stereocenters. The number of carbonyl (C=O) groups excluding carboxylic acids is 1. The Kier molecular flexibility index (Phi) is 3.56. The summed E-state index contributed by atoms with van der Waals surface area (Å²) < 4.78 is 10.4. The lowest BCUT2D eigenvalue weighted by atomic mass is 10.1. The van der Waals surface area contributed by atoms with Gasteiger partial charge in [0.1, 0.15) is 0 Å². The minimum absolute atomic E-state index is 0.0620. The van der Waals surface area contributed by atoms with E-state index in [0.717, 1.165) is 13.0 Å². The molecular formula is C10H18N2O3. The summed E-state index contributed by atoms with van der Waals surface area (Å²) in [7, 11) is 1.69. The van der Waals surface area contributed by atoms with Crippen molar-refractivity contribution in [3.8, 4) is 0 Å². The summed E-state index contributed by atoms with van der Waals surface area (Å²) in [5.41, 5.74) is 0. The van der Waals surface area contributed by atoms with Crippen LogP contribution in [0.4, 0.5) is 0 Å². The maximum Gasteiger partial charge on any atom is 0.239 e. The zero-order valence-corrected chi connectivity index (χ0v) is 9.07. The summed E-state index contributed by atoms with van der Waals surface area (Å²) in [6.07, 6.45) is 0.965. The monoisotopic (exact) mass is 214 g/mol. The standard InChI is InChI=1S/C10H18N2O3/c1-14-8-6-9(11-7-8)10(13)12-2-4-15-5-3-12/h8-9,11H,2-7H2,1H3/t8-,9-/m0/s1. The van der Waals surface area contributed by atoms with E-state index in [1.807, 2.05) is 4.90 Å². The second-order valence-electron chi connectivity index (χ2n) is 3.99. The molecule has 5 heteroatoms. The molecule has 0 saturated carbocycles. The number of rotatable bonds is 2. The van der Waals surface area contributed by atoms with Gasteiger partial charge in [-0.1, -0.05) is 0 Å². The number of ether oxygens (including phenoxy) is 2. The highest BCUT2D eigenvalue weighted by atomic mass is 16.5. The van der Waals surface area contributed by atoms with Crippen molar-refractivity contribution in [2.24, 2.45) is 0 Å². The van der Waals surface area contributed by atoms with Crippen LogP contribution in [-0.2, 0) is 14.3 Å². The summed E-state index contributed by atoms with van der Waals surface area (Å²) in [5.74, 6) is 0.192. The van der Waals surface area contributed by atoms with Gasteiger partial charge in [0.2, 0.25) is 5.91 Å². The number of hydrogen-bond acceptors (Lipinski definition) is 4. The zero-order valence-electron chi connectivity index (χ0n) is 9.07. The Morgan fingerprint density at radius 3 is 2.80 bits per heavy atom. The topological polar surface area (TPSA) is 50.8 Å². The summed E-state index contributed by atoms with van der Waals surface area (Å²) in [4.78, 5) is 13.9. The van der Waals surface area contributed by atoms with Gasteiger partial charge in [-0.05, 0) is 6.42 Å². The zero-order chi connectivity index (χ0) is 10.7. The smallest absolute Gasteiger partial charge is 0.239 e. The van der Waals surface area contributed by atoms with Gasteiger partial charge >= 0.3 is 0 Å². The van der Waals surface area contributed by atoms with Gasteiger partial charge in [0.25, 0.3) is 0 Å². The number of methoxy groups -OCH3 is 1. The molecular weight excluding hydrogens is 196 g/mol. The molecule has 0 radical (unpaired) electrons. The van der Waals surface area contributed by atoms with Crippen LogP contribution in [0.15, 0.2) is 0 Å². The Bertz CT molecular complexity index is 229. The maximum atomic E-state index is 12.0. The van der Waals surface area contributed by atoms with E-state index < -0.39 is 0 Å². The molecule has 0 spiro atoms. The number of amides is 1. The Morgan fingerprint density at radius 1 is 1.47 bits per heavy atom. The molecule has 5 nitrogen and oxygen atoms in total. The summed E-state index contributed by atoms with van der Waals surface area (Å²) in [6.45, 7) is 3.53. The van der Waals surface area contributed by atoms with Gasteiger partial charge in [-0.3, -0.25) is 4.79 Å². The Hall–Kier alpha value is -0.650. The molecule has 2 aliphatic heterocycles. The van der Waals surface area contributed by atoms with Crippen molar-refractivity contribution in [1.29, 1.82) is 0 Å². The largest absolute Gasteiger partial charge is 0.380 e. The van der Waals surface area contributed by atoms with Gasteiger partial charge in [-0.25, -0.2) is 0 Å². The van der Waals surface area contributed by atoms with Crippen LogP contribution in [0.25, 0.3) is 0 Å². The van der Waals surface area contributed by atoms with Crippen LogP contribution in [0.1, 0.15) is 6.42 Å². The number of nitrogens with one attached hydrogen (secondary N) is 1. The van der Waals surface area contributed by atoms with Crippen molar-refractivity contribution in [2.45, 2.75) is 18.6 Å². The molecule has 2 saturated heterocycles. The Balaban J connectivity index is 1.85. The number of nitrogens with zero attached hydrogens (tertiary/aromatic N) is 1. The van der Waals surface area contributed by atoms with Crippen molar-refractivity contribution >= 4 is 5.91 Å². The molecule has 15 heavy (non-hydrogen) atoms. The predicted molar refractivity (Wildman–Crippen MR) is 54.6 cm³/mol. The Morgan fingerprint density at radius 2 is 2.20 bits per heavy atom. The second-order valence-corrected chi connectivity index (χ2v) is 3.99. The molecule has 0 aromatic heterocycles. The highest BCUT2D eigenvalue weighted by molar-refractivity contribution is 5.82. The lowest BCUT2D eigenvalue weighted by Gasteiger charge is -2.29. The molecule has 0 bridgehead atoms. The van der Waals surface area contributed by atoms with Crippen LogP contribution in [0.5, 0.6) is 0 Å². The van der Waals surface area contributed by atoms with E-state index in [1.54, 1.807) is 7.11 Å². The van der Waals surface area contributed by atoms with Crippen molar-refractivity contribution in [3.63, 3.8) is 0 Å². The van der Waals surface area contributed by atoms with Crippen molar-refractivity contribution < 1.29 is 14.3 Å². The van der Waals surface area contributed by atoms with Crippen molar-refractivity contribution in [3.05, 3.63) is 0 Å². The molecule has 0 aliphatic carbocycles. The fraction of sp³-hybridized carbons (Fsp3) is 0.900. The molecule has 2 aliphatic rings. The van der Waals surface area contributed by atoms with Crippen molar-refractivity contribution in [1.82, 2.24) is 10.2 Å². The predicted octanol–water partition coefficient (Wildman–Crippen LogP) is -0.778. The lowest BCUT2D eigenvalue weighted by molar-refractivity contribution is -0.137. The van der Waals surface area contributed by atoms with Crippen molar-refractivity contribution in [2.75, 3.05) is 40.0 Å². The first-order valence-corrected chi connectivity index (χ1v) is 5.44. The quantitative estimate of drug-likeness (QED) is 0.655. The third-order valence-electron chi connectivity index (χ3n) is 3.04. The van der Waals surface area contributed by atoms with E-state index in [-0.39, 0.29) is 18.1 Å². The molecule has 0 aromatic carbocycles. The first kappa shape index (κ1) is 10.9. The van der Waals surface area contributed by atoms with Gasteiger partial charge in [-0.2, -0.15) is 0 Å². The molecule has 2 fully saturated rings. The average Bonchev–Trinajstić information content (AvgIpc) is 2.78. The Labute approximate surface area is 89.7 Å². The molecule has 2 rings (SSSR count). The molecule has 0 aromatic rings. The minimum Gasteiger partial charge on any atom is -0.380 e. The SMILES string of the molecule is CO[C@@H]1CN[C@H](C(=O)N2CCOCC2)C1. The first-order chi connectivity index (χ1) is 7.31. The van der Waals surface area contributed by atoms with E-state index >= 15 is 0 Å². The molecule has 1 N–H and O–H groups in total. The summed E-state index contributed by atoms with van der Waals surface area (Å²) in [6, 6.07) is -0.0620. The normalized spacial score (nSPS) is 31.9. The van der Waals surface area contributed by atoms with Gasteiger partial charge < -0.3 is 19.7 Å². The van der Waals surface area contributed by atoms with E-state index in [9.17, 15) is 4.79 Å². The molecule has 2 heterocycles. The summed E-state index contributed by atoms with van der Waals surface area (Å²) in [5, 5.41) is 3.20.